The van der Waals surface area contributed by atoms with Crippen molar-refractivity contribution in [2.45, 2.75) is 88.9 Å². The highest BCUT2D eigenvalue weighted by Crippen LogP contribution is 2.60. The van der Waals surface area contributed by atoms with E-state index in [-0.39, 0.29) is 43.8 Å². The first kappa shape index (κ1) is 36.7. The molecule has 2 fully saturated rings. The molecule has 6 rings (SSSR count). The van der Waals surface area contributed by atoms with E-state index in [0.29, 0.717) is 36.5 Å². The van der Waals surface area contributed by atoms with Gasteiger partial charge in [0.2, 0.25) is 11.8 Å². The smallest absolute Gasteiger partial charge is 0.264 e. The second kappa shape index (κ2) is 15.3. The van der Waals surface area contributed by atoms with Gasteiger partial charge in [0, 0.05) is 48.8 Å². The van der Waals surface area contributed by atoms with Crippen LogP contribution < -0.4 is 14.5 Å². The summed E-state index contributed by atoms with van der Waals surface area (Å²) < 4.78 is 12.6. The van der Waals surface area contributed by atoms with Crippen LogP contribution in [0.3, 0.4) is 0 Å². The lowest BCUT2D eigenvalue weighted by Crippen LogP contribution is -2.46. The van der Waals surface area contributed by atoms with E-state index in [0.717, 1.165) is 42.5 Å². The van der Waals surface area contributed by atoms with Crippen LogP contribution >= 0.6 is 0 Å². The van der Waals surface area contributed by atoms with Crippen molar-refractivity contribution in [3.63, 3.8) is 0 Å². The SMILES string of the molecule is COc1ccc2c(c1)[C@@]1(O[C@H](CC(=O)N(CCO)Cc3ccccc3)[C@@H]([Si](C)(C)O)[C@@H]1C)C(=O)N2Cc1cccc(N2CCCCCCC2=O)c1. The number of amides is 3. The van der Waals surface area contributed by atoms with Crippen LogP contribution in [0, 0.1) is 5.92 Å². The summed E-state index contributed by atoms with van der Waals surface area (Å²) in [6.07, 6.45) is 3.77. The number of fused-ring (bicyclic) bond motifs is 2. The van der Waals surface area contributed by atoms with Crippen molar-refractivity contribution >= 4 is 37.4 Å². The molecule has 2 saturated heterocycles. The van der Waals surface area contributed by atoms with Gasteiger partial charge < -0.3 is 34.1 Å². The summed E-state index contributed by atoms with van der Waals surface area (Å²) in [5.41, 5.74) is 2.09. The molecule has 0 unspecified atom stereocenters. The molecule has 0 aromatic heterocycles. The zero-order valence-corrected chi connectivity index (χ0v) is 31.2. The molecule has 0 saturated carbocycles. The molecule has 10 nitrogen and oxygen atoms in total. The van der Waals surface area contributed by atoms with Gasteiger partial charge in [-0.05, 0) is 67.4 Å². The number of hydrogen-bond donors (Lipinski definition) is 2. The summed E-state index contributed by atoms with van der Waals surface area (Å²) >= 11 is 0. The number of carbonyl (C=O) groups is 3. The van der Waals surface area contributed by atoms with Crippen molar-refractivity contribution in [3.8, 4) is 5.75 Å². The number of rotatable bonds is 11. The first-order chi connectivity index (χ1) is 24.5. The van der Waals surface area contributed by atoms with E-state index in [1.165, 1.54) is 0 Å². The molecule has 51 heavy (non-hydrogen) atoms. The van der Waals surface area contributed by atoms with E-state index in [1.807, 2.05) is 97.7 Å². The standard InChI is InChI=1S/C40H51N3O7Si/c1-28-38(51(3,4)48)35(25-37(46)41(21-22-44)26-29-13-8-7-9-14-29)50-40(28)33-24-32(49-2)18-19-34(33)43(39(40)47)27-30-15-12-16-31(23-30)42-20-11-6-5-10-17-36(42)45/h7-9,12-16,18-19,23-24,28,35,38,44,48H,5-6,10-11,17,20-22,25-27H2,1-4H3/t28-,35+,38-,40+/m0/s1. The molecule has 1 spiro atoms. The molecule has 11 heteroatoms. The van der Waals surface area contributed by atoms with Crippen molar-refractivity contribution in [3.05, 3.63) is 89.5 Å². The maximum absolute atomic E-state index is 15.0. The van der Waals surface area contributed by atoms with Crippen LogP contribution in [0.2, 0.25) is 18.6 Å². The molecule has 3 aliphatic rings. The zero-order valence-electron chi connectivity index (χ0n) is 30.2. The minimum Gasteiger partial charge on any atom is -0.497 e. The molecule has 3 aliphatic heterocycles. The third-order valence-electron chi connectivity index (χ3n) is 10.9. The van der Waals surface area contributed by atoms with Crippen molar-refractivity contribution < 1.29 is 33.8 Å². The van der Waals surface area contributed by atoms with Gasteiger partial charge >= 0.3 is 0 Å². The highest BCUT2D eigenvalue weighted by molar-refractivity contribution is 6.71. The van der Waals surface area contributed by atoms with Gasteiger partial charge in [-0.3, -0.25) is 14.4 Å². The Kier molecular flexibility index (Phi) is 11.0. The van der Waals surface area contributed by atoms with Crippen LogP contribution in [0.5, 0.6) is 5.75 Å². The quantitative estimate of drug-likeness (QED) is 0.243. The Bertz CT molecular complexity index is 1730. The highest BCUT2D eigenvalue weighted by Gasteiger charge is 2.66. The van der Waals surface area contributed by atoms with Crippen molar-refractivity contribution in [1.82, 2.24) is 4.90 Å². The minimum absolute atomic E-state index is 0.0426. The van der Waals surface area contributed by atoms with Crippen molar-refractivity contribution in [1.29, 1.82) is 0 Å². The molecule has 0 radical (unpaired) electrons. The number of aliphatic hydroxyl groups is 1. The predicted molar refractivity (Wildman–Crippen MR) is 199 cm³/mol. The third kappa shape index (κ3) is 7.35. The second-order valence-corrected chi connectivity index (χ2v) is 18.7. The molecular weight excluding hydrogens is 663 g/mol. The molecule has 272 valence electrons. The number of carbonyl (C=O) groups excluding carboxylic acids is 3. The van der Waals surface area contributed by atoms with E-state index < -0.39 is 31.5 Å². The number of methoxy groups -OCH3 is 1. The molecule has 3 aromatic rings. The Balaban J connectivity index is 1.33. The van der Waals surface area contributed by atoms with Crippen LogP contribution in [0.15, 0.2) is 72.8 Å². The third-order valence-corrected chi connectivity index (χ3v) is 13.4. The largest absolute Gasteiger partial charge is 0.497 e. The van der Waals surface area contributed by atoms with Crippen LogP contribution in [0.4, 0.5) is 11.4 Å². The summed E-state index contributed by atoms with van der Waals surface area (Å²) in [4.78, 5) is 59.0. The monoisotopic (exact) mass is 713 g/mol. The number of anilines is 2. The average molecular weight is 714 g/mol. The predicted octanol–water partition coefficient (Wildman–Crippen LogP) is 5.75. The summed E-state index contributed by atoms with van der Waals surface area (Å²) in [5.74, 6) is -0.229. The zero-order chi connectivity index (χ0) is 36.3. The summed E-state index contributed by atoms with van der Waals surface area (Å²) in [6, 6.07) is 23.0. The van der Waals surface area contributed by atoms with E-state index in [1.54, 1.807) is 16.9 Å². The summed E-state index contributed by atoms with van der Waals surface area (Å²) in [6.45, 7) is 6.84. The van der Waals surface area contributed by atoms with Gasteiger partial charge in [-0.1, -0.05) is 62.2 Å². The van der Waals surface area contributed by atoms with Gasteiger partial charge in [0.1, 0.15) is 5.75 Å². The van der Waals surface area contributed by atoms with Gasteiger partial charge in [-0.15, -0.1) is 0 Å². The lowest BCUT2D eigenvalue weighted by atomic mass is 9.82. The van der Waals surface area contributed by atoms with Gasteiger partial charge in [0.15, 0.2) is 13.9 Å². The van der Waals surface area contributed by atoms with Gasteiger partial charge in [-0.2, -0.15) is 0 Å². The Morgan fingerprint density at radius 3 is 2.47 bits per heavy atom. The van der Waals surface area contributed by atoms with Crippen molar-refractivity contribution in [2.75, 3.05) is 36.6 Å². The first-order valence-corrected chi connectivity index (χ1v) is 21.2. The number of benzene rings is 3. The fourth-order valence-electron chi connectivity index (χ4n) is 8.50. The van der Waals surface area contributed by atoms with E-state index in [4.69, 9.17) is 9.47 Å². The molecule has 0 bridgehead atoms. The second-order valence-electron chi connectivity index (χ2n) is 14.7. The lowest BCUT2D eigenvalue weighted by molar-refractivity contribution is -0.150. The summed E-state index contributed by atoms with van der Waals surface area (Å²) in [7, 11) is -1.45. The van der Waals surface area contributed by atoms with E-state index in [2.05, 4.69) is 0 Å². The van der Waals surface area contributed by atoms with E-state index in [9.17, 15) is 19.5 Å². The normalized spacial score (nSPS) is 23.7. The number of nitrogens with zero attached hydrogens (tertiary/aromatic N) is 3. The Morgan fingerprint density at radius 1 is 1.00 bits per heavy atom. The molecule has 0 aliphatic carbocycles. The molecular formula is C40H51N3O7Si. The molecule has 3 amide bonds. The highest BCUT2D eigenvalue weighted by atomic mass is 28.4. The molecule has 3 heterocycles. The van der Waals surface area contributed by atoms with Crippen molar-refractivity contribution in [2.24, 2.45) is 5.92 Å². The molecule has 2 N–H and O–H groups in total. The van der Waals surface area contributed by atoms with Gasteiger partial charge in [0.05, 0.1) is 38.5 Å². The molecule has 3 aromatic carbocycles. The first-order valence-electron chi connectivity index (χ1n) is 18.2. The Morgan fingerprint density at radius 2 is 1.75 bits per heavy atom. The topological polar surface area (TPSA) is 120 Å². The summed E-state index contributed by atoms with van der Waals surface area (Å²) in [5, 5.41) is 9.85. The van der Waals surface area contributed by atoms with Crippen LogP contribution in [-0.4, -0.2) is 73.8 Å². The van der Waals surface area contributed by atoms with Crippen LogP contribution in [0.25, 0.3) is 0 Å². The van der Waals surface area contributed by atoms with Crippen LogP contribution in [-0.2, 0) is 37.8 Å². The lowest BCUT2D eigenvalue weighted by Gasteiger charge is -2.32. The molecule has 4 atom stereocenters. The fraction of sp³-hybridized carbons (Fsp3) is 0.475. The van der Waals surface area contributed by atoms with E-state index >= 15 is 4.79 Å². The van der Waals surface area contributed by atoms with Gasteiger partial charge in [-0.25, -0.2) is 0 Å². The number of hydrogen-bond acceptors (Lipinski definition) is 7. The Labute approximate surface area is 302 Å². The maximum atomic E-state index is 15.0. The van der Waals surface area contributed by atoms with Crippen LogP contribution in [0.1, 0.15) is 62.1 Å². The van der Waals surface area contributed by atoms with Gasteiger partial charge in [0.25, 0.3) is 5.91 Å². The fourth-order valence-corrected chi connectivity index (χ4v) is 11.1. The minimum atomic E-state index is -3.03. The number of aliphatic hydroxyl groups excluding tert-OH is 1. The maximum Gasteiger partial charge on any atom is 0.264 e. The average Bonchev–Trinajstić information content (AvgIpc) is 3.52. The number of ether oxygens (including phenoxy) is 2. The Hall–Kier alpha value is -4.03.